The van der Waals surface area contributed by atoms with Crippen molar-refractivity contribution in [3.8, 4) is 0 Å². The van der Waals surface area contributed by atoms with Crippen molar-refractivity contribution in [2.24, 2.45) is 7.05 Å². The first-order chi connectivity index (χ1) is 5.15. The first-order valence-electron chi connectivity index (χ1n) is 3.44. The molecule has 1 heterocycles. The second-order valence-electron chi connectivity index (χ2n) is 2.38. The third-order valence-electron chi connectivity index (χ3n) is 1.57. The van der Waals surface area contributed by atoms with Crippen LogP contribution in [0.25, 0.3) is 0 Å². The van der Waals surface area contributed by atoms with Crippen LogP contribution >= 0.6 is 0 Å². The van der Waals surface area contributed by atoms with Gasteiger partial charge in [0.25, 0.3) is 5.69 Å². The molecule has 0 atom stereocenters. The summed E-state index contributed by atoms with van der Waals surface area (Å²) in [4.78, 5) is 10.5. The van der Waals surface area contributed by atoms with Crippen molar-refractivity contribution in [3.63, 3.8) is 0 Å². The van der Waals surface area contributed by atoms with Crippen LogP contribution in [0.3, 0.4) is 0 Å². The van der Waals surface area contributed by atoms with Crippen molar-refractivity contribution >= 4 is 5.97 Å². The summed E-state index contributed by atoms with van der Waals surface area (Å²) >= 11 is 0. The molecule has 0 unspecified atom stereocenters. The molecule has 4 nitrogen and oxygen atoms in total. The van der Waals surface area contributed by atoms with Crippen LogP contribution in [0.4, 0.5) is 0 Å². The number of nitrogens with zero attached hydrogens (tertiary/aromatic N) is 2. The molecule has 0 fully saturated rings. The predicted molar refractivity (Wildman–Crippen MR) is 38.2 cm³/mol. The van der Waals surface area contributed by atoms with E-state index >= 15 is 0 Å². The summed E-state index contributed by atoms with van der Waals surface area (Å²) in [7, 11) is 1.72. The van der Waals surface area contributed by atoms with Crippen LogP contribution < -0.4 is 4.57 Å². The van der Waals surface area contributed by atoms with E-state index in [0.29, 0.717) is 5.69 Å². The molecule has 0 saturated heterocycles. The molecule has 0 radical (unpaired) electrons. The second kappa shape index (κ2) is 2.74. The highest BCUT2D eigenvalue weighted by Gasteiger charge is 2.15. The second-order valence-corrected chi connectivity index (χ2v) is 2.38. The highest BCUT2D eigenvalue weighted by molar-refractivity contribution is 5.84. The molecular weight excluding hydrogens is 144 g/mol. The molecule has 0 aliphatic rings. The SMILES string of the molecule is CC[n+]1cc(C(=O)O)n(C)c1. The van der Waals surface area contributed by atoms with Crippen LogP contribution in [0.15, 0.2) is 12.5 Å². The van der Waals surface area contributed by atoms with Crippen molar-refractivity contribution in [3.05, 3.63) is 18.2 Å². The van der Waals surface area contributed by atoms with Gasteiger partial charge in [-0.15, -0.1) is 0 Å². The summed E-state index contributed by atoms with van der Waals surface area (Å²) in [6, 6.07) is 0. The number of carbonyl (C=O) groups is 1. The molecule has 0 saturated carbocycles. The maximum absolute atomic E-state index is 10.5. The van der Waals surface area contributed by atoms with E-state index in [-0.39, 0.29) is 0 Å². The number of hydrogen-bond donors (Lipinski definition) is 1. The van der Waals surface area contributed by atoms with Crippen molar-refractivity contribution < 1.29 is 14.5 Å². The van der Waals surface area contributed by atoms with Gasteiger partial charge < -0.3 is 5.11 Å². The predicted octanol–water partition coefficient (Wildman–Crippen LogP) is 0.0307. The molecule has 0 aromatic carbocycles. The van der Waals surface area contributed by atoms with E-state index in [2.05, 4.69) is 0 Å². The Morgan fingerprint density at radius 3 is 2.73 bits per heavy atom. The third-order valence-corrected chi connectivity index (χ3v) is 1.57. The Bertz CT molecular complexity index is 278. The standard InChI is InChI=1S/C7H10N2O2/c1-3-9-4-6(7(10)11)8(2)5-9/h4-5H,3H2,1-2H3/p+1. The van der Waals surface area contributed by atoms with E-state index in [9.17, 15) is 4.79 Å². The fourth-order valence-electron chi connectivity index (χ4n) is 0.945. The number of hydrogen-bond acceptors (Lipinski definition) is 1. The minimum absolute atomic E-state index is 0.312. The summed E-state index contributed by atoms with van der Waals surface area (Å²) < 4.78 is 3.41. The Kier molecular flexibility index (Phi) is 1.94. The first kappa shape index (κ1) is 7.78. The van der Waals surface area contributed by atoms with E-state index in [1.165, 1.54) is 0 Å². The molecule has 4 heteroatoms. The van der Waals surface area contributed by atoms with E-state index < -0.39 is 5.97 Å². The van der Waals surface area contributed by atoms with Gasteiger partial charge in [-0.2, -0.15) is 0 Å². The molecule has 0 bridgehead atoms. The number of imidazole rings is 1. The molecule has 0 amide bonds. The summed E-state index contributed by atoms with van der Waals surface area (Å²) in [5.74, 6) is -0.889. The zero-order chi connectivity index (χ0) is 8.43. The number of aromatic carboxylic acids is 1. The molecule has 1 rings (SSSR count). The normalized spacial score (nSPS) is 10.0. The number of aromatic nitrogens is 2. The molecule has 11 heavy (non-hydrogen) atoms. The van der Waals surface area contributed by atoms with Gasteiger partial charge in [0.1, 0.15) is 6.20 Å². The van der Waals surface area contributed by atoms with E-state index in [1.807, 2.05) is 11.5 Å². The van der Waals surface area contributed by atoms with Crippen LogP contribution in [-0.4, -0.2) is 15.6 Å². The van der Waals surface area contributed by atoms with Crippen LogP contribution in [0.2, 0.25) is 0 Å². The first-order valence-corrected chi connectivity index (χ1v) is 3.44. The average Bonchev–Trinajstić information content (AvgIpc) is 2.30. The number of carboxylic acid groups (broad SMARTS) is 1. The Morgan fingerprint density at radius 2 is 2.45 bits per heavy atom. The molecular formula is C7H11N2O2+. The molecule has 1 N–H and O–H groups in total. The van der Waals surface area contributed by atoms with Gasteiger partial charge in [-0.25, -0.2) is 13.9 Å². The number of aryl methyl sites for hydroxylation is 2. The minimum atomic E-state index is -0.889. The van der Waals surface area contributed by atoms with Crippen molar-refractivity contribution in [2.75, 3.05) is 0 Å². The lowest BCUT2D eigenvalue weighted by molar-refractivity contribution is -0.693. The average molecular weight is 155 g/mol. The smallest absolute Gasteiger partial charge is 0.379 e. The molecule has 60 valence electrons. The Morgan fingerprint density at radius 1 is 1.82 bits per heavy atom. The zero-order valence-corrected chi connectivity index (χ0v) is 6.61. The van der Waals surface area contributed by atoms with Crippen LogP contribution in [0.5, 0.6) is 0 Å². The number of rotatable bonds is 2. The molecule has 1 aromatic rings. The minimum Gasteiger partial charge on any atom is -0.475 e. The Balaban J connectivity index is 3.07. The van der Waals surface area contributed by atoms with Gasteiger partial charge in [0.15, 0.2) is 0 Å². The summed E-state index contributed by atoms with van der Waals surface area (Å²) in [6.45, 7) is 2.76. The van der Waals surface area contributed by atoms with Crippen LogP contribution in [0, 0.1) is 0 Å². The van der Waals surface area contributed by atoms with Gasteiger partial charge in [0.2, 0.25) is 6.33 Å². The van der Waals surface area contributed by atoms with Crippen LogP contribution in [-0.2, 0) is 13.6 Å². The van der Waals surface area contributed by atoms with Gasteiger partial charge in [-0.1, -0.05) is 0 Å². The van der Waals surface area contributed by atoms with Gasteiger partial charge in [0, 0.05) is 0 Å². The lowest BCUT2D eigenvalue weighted by Crippen LogP contribution is -2.28. The van der Waals surface area contributed by atoms with E-state index in [0.717, 1.165) is 6.54 Å². The monoisotopic (exact) mass is 155 g/mol. The van der Waals surface area contributed by atoms with Crippen molar-refractivity contribution in [2.45, 2.75) is 13.5 Å². The quantitative estimate of drug-likeness (QED) is 0.612. The van der Waals surface area contributed by atoms with Gasteiger partial charge >= 0.3 is 5.97 Å². The van der Waals surface area contributed by atoms with E-state index in [1.54, 1.807) is 24.1 Å². The molecule has 0 spiro atoms. The molecule has 0 aliphatic carbocycles. The third kappa shape index (κ3) is 1.39. The van der Waals surface area contributed by atoms with Crippen molar-refractivity contribution in [1.82, 2.24) is 4.57 Å². The van der Waals surface area contributed by atoms with E-state index in [4.69, 9.17) is 5.11 Å². The maximum Gasteiger partial charge on any atom is 0.379 e. The largest absolute Gasteiger partial charge is 0.475 e. The topological polar surface area (TPSA) is 46.1 Å². The van der Waals surface area contributed by atoms with Gasteiger partial charge in [0.05, 0.1) is 13.6 Å². The summed E-state index contributed by atoms with van der Waals surface area (Å²) in [5.41, 5.74) is 0.312. The highest BCUT2D eigenvalue weighted by atomic mass is 16.4. The highest BCUT2D eigenvalue weighted by Crippen LogP contribution is 1.93. The molecule has 0 aliphatic heterocycles. The van der Waals surface area contributed by atoms with Crippen LogP contribution in [0.1, 0.15) is 17.4 Å². The van der Waals surface area contributed by atoms with Crippen molar-refractivity contribution in [1.29, 1.82) is 0 Å². The maximum atomic E-state index is 10.5. The Labute approximate surface area is 64.7 Å². The lowest BCUT2D eigenvalue weighted by Gasteiger charge is -1.83. The fourth-order valence-corrected chi connectivity index (χ4v) is 0.945. The summed E-state index contributed by atoms with van der Waals surface area (Å²) in [5, 5.41) is 8.64. The zero-order valence-electron chi connectivity index (χ0n) is 6.61. The van der Waals surface area contributed by atoms with Gasteiger partial charge in [-0.3, -0.25) is 0 Å². The fraction of sp³-hybridized carbons (Fsp3) is 0.429. The van der Waals surface area contributed by atoms with Gasteiger partial charge in [-0.05, 0) is 6.92 Å². The lowest BCUT2D eigenvalue weighted by atomic mass is 10.5. The Hall–Kier alpha value is -1.32. The summed E-state index contributed by atoms with van der Waals surface area (Å²) in [6.07, 6.45) is 3.37. The number of carboxylic acids is 1. The molecule has 1 aromatic heterocycles.